The third kappa shape index (κ3) is 4.12. The summed E-state index contributed by atoms with van der Waals surface area (Å²) in [4.78, 5) is 11.2. The van der Waals surface area contributed by atoms with Crippen LogP contribution >= 0.6 is 0 Å². The van der Waals surface area contributed by atoms with Gasteiger partial charge in [-0.3, -0.25) is 0 Å². The summed E-state index contributed by atoms with van der Waals surface area (Å²) in [5.74, 6) is 0. The van der Waals surface area contributed by atoms with Crippen LogP contribution in [0.2, 0.25) is 0 Å². The first kappa shape index (κ1) is 26.8. The van der Waals surface area contributed by atoms with Crippen LogP contribution in [-0.2, 0) is 0 Å². The molecular formula is C43H32N2O. The second kappa shape index (κ2) is 10.3. The molecule has 0 radical (unpaired) electrons. The molecule has 2 aromatic heterocycles. The smallest absolute Gasteiger partial charge is 0.135 e. The van der Waals surface area contributed by atoms with Crippen LogP contribution in [0.25, 0.3) is 76.9 Å². The molecule has 0 unspecified atom stereocenters. The fourth-order valence-corrected chi connectivity index (χ4v) is 7.61. The van der Waals surface area contributed by atoms with Gasteiger partial charge in [0.2, 0.25) is 0 Å². The monoisotopic (exact) mass is 592 g/mol. The normalized spacial score (nSPS) is 13.6. The van der Waals surface area contributed by atoms with Crippen LogP contribution in [0.3, 0.4) is 0 Å². The SMILES string of the molecule is Cc1cc(C)c(-c2nc3c4ccccc4c4ccccc4c3nc2C2=CC(c3ccc4oc5ccccc5c4c3)=CCC2)c(C)c1. The van der Waals surface area contributed by atoms with Crippen molar-refractivity contribution in [1.82, 2.24) is 9.97 Å². The van der Waals surface area contributed by atoms with E-state index in [4.69, 9.17) is 14.4 Å². The van der Waals surface area contributed by atoms with Crippen molar-refractivity contribution in [2.24, 2.45) is 0 Å². The van der Waals surface area contributed by atoms with E-state index in [9.17, 15) is 0 Å². The van der Waals surface area contributed by atoms with Crippen LogP contribution in [0.5, 0.6) is 0 Å². The van der Waals surface area contributed by atoms with E-state index in [0.717, 1.165) is 68.0 Å². The summed E-state index contributed by atoms with van der Waals surface area (Å²) in [7, 11) is 0. The van der Waals surface area contributed by atoms with Crippen LogP contribution in [0.1, 0.15) is 40.8 Å². The van der Waals surface area contributed by atoms with Crippen molar-refractivity contribution >= 4 is 65.7 Å². The summed E-state index contributed by atoms with van der Waals surface area (Å²) >= 11 is 0. The molecule has 220 valence electrons. The average Bonchev–Trinajstić information content (AvgIpc) is 3.46. The number of allylic oxidation sites excluding steroid dienone is 4. The minimum absolute atomic E-state index is 0.906. The number of furan rings is 1. The first-order valence-electron chi connectivity index (χ1n) is 16.1. The van der Waals surface area contributed by atoms with Crippen LogP contribution in [0, 0.1) is 20.8 Å². The summed E-state index contributed by atoms with van der Waals surface area (Å²) in [6.45, 7) is 6.57. The third-order valence-electron chi connectivity index (χ3n) is 9.59. The molecule has 2 heterocycles. The quantitative estimate of drug-likeness (QED) is 0.192. The van der Waals surface area contributed by atoms with Gasteiger partial charge >= 0.3 is 0 Å². The van der Waals surface area contributed by atoms with Crippen LogP contribution < -0.4 is 0 Å². The van der Waals surface area contributed by atoms with Gasteiger partial charge in [0.1, 0.15) is 11.2 Å². The average molecular weight is 593 g/mol. The van der Waals surface area contributed by atoms with E-state index in [2.05, 4.69) is 124 Å². The zero-order valence-electron chi connectivity index (χ0n) is 26.2. The zero-order chi connectivity index (χ0) is 30.9. The molecule has 0 saturated heterocycles. The van der Waals surface area contributed by atoms with Crippen molar-refractivity contribution in [1.29, 1.82) is 0 Å². The summed E-state index contributed by atoms with van der Waals surface area (Å²) in [5, 5.41) is 6.98. The first-order valence-corrected chi connectivity index (χ1v) is 16.1. The first-order chi connectivity index (χ1) is 22.5. The zero-order valence-corrected chi connectivity index (χ0v) is 26.2. The van der Waals surface area contributed by atoms with Crippen molar-refractivity contribution in [3.8, 4) is 11.3 Å². The maximum absolute atomic E-state index is 6.13. The number of para-hydroxylation sites is 1. The predicted octanol–water partition coefficient (Wildman–Crippen LogP) is 11.7. The third-order valence-corrected chi connectivity index (χ3v) is 9.59. The Bertz CT molecular complexity index is 2590. The molecule has 0 fully saturated rings. The summed E-state index contributed by atoms with van der Waals surface area (Å²) in [6, 6.07) is 36.6. The molecule has 8 aromatic rings. The number of aromatic nitrogens is 2. The van der Waals surface area contributed by atoms with Crippen LogP contribution in [-0.4, -0.2) is 9.97 Å². The second-order valence-corrected chi connectivity index (χ2v) is 12.7. The van der Waals surface area contributed by atoms with E-state index < -0.39 is 0 Å². The maximum Gasteiger partial charge on any atom is 0.135 e. The van der Waals surface area contributed by atoms with Gasteiger partial charge in [0.05, 0.1) is 22.4 Å². The van der Waals surface area contributed by atoms with Gasteiger partial charge in [0.15, 0.2) is 0 Å². The van der Waals surface area contributed by atoms with Gasteiger partial charge in [0, 0.05) is 27.1 Å². The molecule has 1 aliphatic rings. The largest absolute Gasteiger partial charge is 0.456 e. The maximum atomic E-state index is 6.13. The molecule has 1 aliphatic carbocycles. The highest BCUT2D eigenvalue weighted by Crippen LogP contribution is 2.41. The van der Waals surface area contributed by atoms with Gasteiger partial charge in [-0.05, 0) is 96.5 Å². The lowest BCUT2D eigenvalue weighted by molar-refractivity contribution is 0.669. The number of benzene rings is 6. The van der Waals surface area contributed by atoms with Crippen molar-refractivity contribution < 1.29 is 4.42 Å². The Morgan fingerprint density at radius 3 is 1.85 bits per heavy atom. The Kier molecular flexibility index (Phi) is 5.98. The number of nitrogens with zero attached hydrogens (tertiary/aromatic N) is 2. The fraction of sp³-hybridized carbons (Fsp3) is 0.116. The standard InChI is InChI=1S/C43H32N2O/c1-25-21-26(2)39(27(3)22-25)43-40(44-41-34-16-6-4-13-31(34)32-14-5-7-17-35(32)42(41)45-43)30-12-10-11-28(23-30)29-19-20-38-36(24-29)33-15-8-9-18-37(33)46-38/h4-9,11,13-24H,10,12H2,1-3H3. The number of aryl methyl sites for hydroxylation is 3. The Hall–Kier alpha value is -5.54. The molecular weight excluding hydrogens is 560 g/mol. The molecule has 0 saturated carbocycles. The number of rotatable bonds is 3. The highest BCUT2D eigenvalue weighted by Gasteiger charge is 2.23. The molecule has 0 bridgehead atoms. The summed E-state index contributed by atoms with van der Waals surface area (Å²) in [6.07, 6.45) is 6.54. The topological polar surface area (TPSA) is 38.9 Å². The molecule has 6 aromatic carbocycles. The molecule has 0 spiro atoms. The van der Waals surface area contributed by atoms with E-state index in [1.54, 1.807) is 0 Å². The van der Waals surface area contributed by atoms with E-state index >= 15 is 0 Å². The molecule has 9 rings (SSSR count). The van der Waals surface area contributed by atoms with Gasteiger partial charge in [-0.25, -0.2) is 9.97 Å². The fourth-order valence-electron chi connectivity index (χ4n) is 7.61. The van der Waals surface area contributed by atoms with E-state index in [0.29, 0.717) is 0 Å². The van der Waals surface area contributed by atoms with Gasteiger partial charge in [-0.15, -0.1) is 0 Å². The molecule has 0 amide bonds. The van der Waals surface area contributed by atoms with E-state index in [-0.39, 0.29) is 0 Å². The second-order valence-electron chi connectivity index (χ2n) is 12.7. The van der Waals surface area contributed by atoms with Crippen LogP contribution in [0.4, 0.5) is 0 Å². The molecule has 0 atom stereocenters. The van der Waals surface area contributed by atoms with Crippen molar-refractivity contribution in [3.63, 3.8) is 0 Å². The molecule has 0 aliphatic heterocycles. The predicted molar refractivity (Wildman–Crippen MR) is 193 cm³/mol. The Morgan fingerprint density at radius 1 is 0.565 bits per heavy atom. The Morgan fingerprint density at radius 2 is 1.15 bits per heavy atom. The summed E-state index contributed by atoms with van der Waals surface area (Å²) < 4.78 is 6.13. The number of hydrogen-bond donors (Lipinski definition) is 0. The lowest BCUT2D eigenvalue weighted by Gasteiger charge is -2.20. The number of fused-ring (bicyclic) bond motifs is 9. The van der Waals surface area contributed by atoms with Gasteiger partial charge < -0.3 is 4.42 Å². The highest BCUT2D eigenvalue weighted by atomic mass is 16.3. The van der Waals surface area contributed by atoms with Gasteiger partial charge in [-0.1, -0.05) is 96.6 Å². The van der Waals surface area contributed by atoms with Crippen molar-refractivity contribution in [3.05, 3.63) is 143 Å². The minimum Gasteiger partial charge on any atom is -0.456 e. The van der Waals surface area contributed by atoms with E-state index in [1.807, 2.05) is 12.1 Å². The Labute approximate surface area is 267 Å². The molecule has 3 nitrogen and oxygen atoms in total. The molecule has 0 N–H and O–H groups in total. The van der Waals surface area contributed by atoms with Crippen molar-refractivity contribution in [2.45, 2.75) is 33.6 Å². The van der Waals surface area contributed by atoms with Gasteiger partial charge in [-0.2, -0.15) is 0 Å². The van der Waals surface area contributed by atoms with E-state index in [1.165, 1.54) is 49.7 Å². The lowest BCUT2D eigenvalue weighted by Crippen LogP contribution is -2.04. The Balaban J connectivity index is 1.31. The summed E-state index contributed by atoms with van der Waals surface area (Å²) in [5.41, 5.74) is 14.2. The highest BCUT2D eigenvalue weighted by molar-refractivity contribution is 6.23. The number of hydrogen-bond acceptors (Lipinski definition) is 3. The van der Waals surface area contributed by atoms with Crippen LogP contribution in [0.15, 0.2) is 120 Å². The lowest BCUT2D eigenvalue weighted by atomic mass is 9.88. The van der Waals surface area contributed by atoms with Gasteiger partial charge in [0.25, 0.3) is 0 Å². The molecule has 46 heavy (non-hydrogen) atoms. The van der Waals surface area contributed by atoms with Crippen molar-refractivity contribution in [2.75, 3.05) is 0 Å². The molecule has 3 heteroatoms. The minimum atomic E-state index is 0.906.